The number of anilines is 1. The molecule has 140 valence electrons. The van der Waals surface area contributed by atoms with Crippen molar-refractivity contribution in [1.82, 2.24) is 4.98 Å². The molecule has 1 aromatic heterocycles. The molecule has 0 atom stereocenters. The zero-order chi connectivity index (χ0) is 19.8. The summed E-state index contributed by atoms with van der Waals surface area (Å²) in [5.41, 5.74) is 2.58. The van der Waals surface area contributed by atoms with Gasteiger partial charge >= 0.3 is 0 Å². The number of nitrogens with zero attached hydrogens (tertiary/aromatic N) is 1. The first-order valence-corrected chi connectivity index (χ1v) is 8.72. The Bertz CT molecular complexity index is 1180. The van der Waals surface area contributed by atoms with Gasteiger partial charge in [-0.3, -0.25) is 4.79 Å². The van der Waals surface area contributed by atoms with Gasteiger partial charge in [0.05, 0.1) is 5.02 Å². The molecule has 28 heavy (non-hydrogen) atoms. The van der Waals surface area contributed by atoms with Gasteiger partial charge in [0.15, 0.2) is 11.5 Å². The van der Waals surface area contributed by atoms with Crippen molar-refractivity contribution in [2.24, 2.45) is 0 Å². The van der Waals surface area contributed by atoms with E-state index < -0.39 is 23.1 Å². The van der Waals surface area contributed by atoms with Gasteiger partial charge in [-0.05, 0) is 42.0 Å². The summed E-state index contributed by atoms with van der Waals surface area (Å²) in [6.45, 7) is 1.75. The Balaban J connectivity index is 1.61. The number of hydrogen-bond acceptors (Lipinski definition) is 3. The molecule has 0 radical (unpaired) electrons. The number of hydrogen-bond donors (Lipinski definition) is 1. The van der Waals surface area contributed by atoms with E-state index in [2.05, 4.69) is 10.3 Å². The molecule has 3 aromatic carbocycles. The lowest BCUT2D eigenvalue weighted by Crippen LogP contribution is -2.15. The molecular weight excluding hydrogens is 386 g/mol. The van der Waals surface area contributed by atoms with Crippen LogP contribution in [0, 0.1) is 18.6 Å². The van der Waals surface area contributed by atoms with Crippen molar-refractivity contribution in [1.29, 1.82) is 0 Å². The summed E-state index contributed by atoms with van der Waals surface area (Å²) in [5.74, 6) is -2.16. The largest absolute Gasteiger partial charge is 0.441 e. The molecule has 0 unspecified atom stereocenters. The number of nitrogens with one attached hydrogen (secondary N) is 1. The molecule has 1 heterocycles. The smallest absolute Gasteiger partial charge is 0.261 e. The first-order valence-electron chi connectivity index (χ1n) is 8.35. The molecule has 0 aliphatic carbocycles. The molecular formula is C21H13ClF2N2O2. The summed E-state index contributed by atoms with van der Waals surface area (Å²) in [4.78, 5) is 16.4. The van der Waals surface area contributed by atoms with Crippen LogP contribution in [0.5, 0.6) is 0 Å². The Kier molecular flexibility index (Phi) is 4.57. The number of carbonyl (C=O) groups is 1. The van der Waals surface area contributed by atoms with E-state index in [0.29, 0.717) is 27.7 Å². The van der Waals surface area contributed by atoms with Crippen LogP contribution < -0.4 is 5.32 Å². The van der Waals surface area contributed by atoms with Crippen LogP contribution in [-0.2, 0) is 0 Å². The van der Waals surface area contributed by atoms with Gasteiger partial charge in [-0.15, -0.1) is 0 Å². The number of halogens is 3. The average molecular weight is 399 g/mol. The minimum Gasteiger partial charge on any atom is -0.441 e. The third-order valence-corrected chi connectivity index (χ3v) is 4.54. The molecule has 4 nitrogen and oxygen atoms in total. The van der Waals surface area contributed by atoms with Gasteiger partial charge in [0.25, 0.3) is 5.91 Å². The highest BCUT2D eigenvalue weighted by Gasteiger charge is 2.17. The van der Waals surface area contributed by atoms with Crippen LogP contribution >= 0.6 is 11.6 Å². The zero-order valence-corrected chi connectivity index (χ0v) is 15.3. The van der Waals surface area contributed by atoms with Crippen molar-refractivity contribution in [2.75, 3.05) is 5.32 Å². The van der Waals surface area contributed by atoms with Gasteiger partial charge in [0.2, 0.25) is 0 Å². The van der Waals surface area contributed by atoms with Gasteiger partial charge < -0.3 is 9.73 Å². The minimum absolute atomic E-state index is 0.393. The average Bonchev–Trinajstić information content (AvgIpc) is 3.00. The summed E-state index contributed by atoms with van der Waals surface area (Å²) in [5, 5.41) is 2.99. The number of oxazole rings is 1. The summed E-state index contributed by atoms with van der Waals surface area (Å²) in [6, 6.07) is 13.5. The monoisotopic (exact) mass is 398 g/mol. The van der Waals surface area contributed by atoms with Gasteiger partial charge in [-0.1, -0.05) is 29.8 Å². The van der Waals surface area contributed by atoms with E-state index in [1.165, 1.54) is 6.07 Å². The second-order valence-corrected chi connectivity index (χ2v) is 6.57. The molecule has 0 saturated carbocycles. The van der Waals surface area contributed by atoms with Crippen molar-refractivity contribution in [3.63, 3.8) is 0 Å². The Hall–Kier alpha value is -3.25. The lowest BCUT2D eigenvalue weighted by molar-refractivity contribution is 0.101. The highest BCUT2D eigenvalue weighted by Crippen LogP contribution is 2.33. The van der Waals surface area contributed by atoms with E-state index in [9.17, 15) is 13.6 Å². The van der Waals surface area contributed by atoms with Crippen LogP contribution in [0.1, 0.15) is 16.2 Å². The van der Waals surface area contributed by atoms with Gasteiger partial charge in [0.1, 0.15) is 22.7 Å². The maximum absolute atomic E-state index is 13.7. The first-order chi connectivity index (χ1) is 13.4. The summed E-state index contributed by atoms with van der Waals surface area (Å²) < 4.78 is 33.0. The molecule has 1 N–H and O–H groups in total. The van der Waals surface area contributed by atoms with Crippen LogP contribution in [0.15, 0.2) is 59.0 Å². The van der Waals surface area contributed by atoms with Crippen molar-refractivity contribution >= 4 is 34.3 Å². The molecule has 0 spiro atoms. The van der Waals surface area contributed by atoms with E-state index in [1.54, 1.807) is 43.3 Å². The number of benzene rings is 3. The Morgan fingerprint density at radius 3 is 2.43 bits per heavy atom. The summed E-state index contributed by atoms with van der Waals surface area (Å²) >= 11 is 6.35. The SMILES string of the molecule is Cc1nc2cc(Cl)c(-c3ccc(NC(=O)c4c(F)cccc4F)cc3)cc2o1. The lowest BCUT2D eigenvalue weighted by Gasteiger charge is -2.09. The van der Waals surface area contributed by atoms with Crippen LogP contribution in [-0.4, -0.2) is 10.9 Å². The highest BCUT2D eigenvalue weighted by atomic mass is 35.5. The predicted octanol–water partition coefficient (Wildman–Crippen LogP) is 5.99. The Labute approximate surface area is 163 Å². The fourth-order valence-corrected chi connectivity index (χ4v) is 3.19. The van der Waals surface area contributed by atoms with Crippen molar-refractivity contribution in [3.05, 3.63) is 82.7 Å². The highest BCUT2D eigenvalue weighted by molar-refractivity contribution is 6.34. The van der Waals surface area contributed by atoms with Crippen molar-refractivity contribution in [3.8, 4) is 11.1 Å². The number of fused-ring (bicyclic) bond motifs is 1. The first kappa shape index (κ1) is 18.1. The predicted molar refractivity (Wildman–Crippen MR) is 104 cm³/mol. The summed E-state index contributed by atoms with van der Waals surface area (Å²) in [6.07, 6.45) is 0. The molecule has 0 fully saturated rings. The number of rotatable bonds is 3. The zero-order valence-electron chi connectivity index (χ0n) is 14.6. The quantitative estimate of drug-likeness (QED) is 0.461. The Morgan fingerprint density at radius 1 is 1.07 bits per heavy atom. The van der Waals surface area contributed by atoms with Crippen LogP contribution in [0.4, 0.5) is 14.5 Å². The molecule has 4 aromatic rings. The van der Waals surface area contributed by atoms with Gasteiger partial charge in [0, 0.05) is 18.2 Å². The van der Waals surface area contributed by atoms with Crippen LogP contribution in [0.2, 0.25) is 5.02 Å². The number of carbonyl (C=O) groups excluding carboxylic acids is 1. The second kappa shape index (κ2) is 7.05. The summed E-state index contributed by atoms with van der Waals surface area (Å²) in [7, 11) is 0. The molecule has 0 aliphatic rings. The standard InChI is InChI=1S/C21H13ClF2N2O2/c1-11-25-18-10-15(22)14(9-19(18)28-11)12-5-7-13(8-6-12)26-21(27)20-16(23)3-2-4-17(20)24/h2-10H,1H3,(H,26,27). The molecule has 1 amide bonds. The maximum Gasteiger partial charge on any atom is 0.261 e. The van der Waals surface area contributed by atoms with E-state index in [1.807, 2.05) is 0 Å². The third-order valence-electron chi connectivity index (χ3n) is 4.23. The van der Waals surface area contributed by atoms with E-state index in [-0.39, 0.29) is 0 Å². The van der Waals surface area contributed by atoms with Gasteiger partial charge in [-0.25, -0.2) is 13.8 Å². The van der Waals surface area contributed by atoms with Crippen molar-refractivity contribution < 1.29 is 18.0 Å². The maximum atomic E-state index is 13.7. The Morgan fingerprint density at radius 2 is 1.75 bits per heavy atom. The number of aryl methyl sites for hydroxylation is 1. The van der Waals surface area contributed by atoms with Crippen LogP contribution in [0.3, 0.4) is 0 Å². The molecule has 0 aliphatic heterocycles. The van der Waals surface area contributed by atoms with Gasteiger partial charge in [-0.2, -0.15) is 0 Å². The number of amides is 1. The van der Waals surface area contributed by atoms with E-state index >= 15 is 0 Å². The number of aromatic nitrogens is 1. The molecule has 7 heteroatoms. The fraction of sp³-hybridized carbons (Fsp3) is 0.0476. The fourth-order valence-electron chi connectivity index (χ4n) is 2.93. The van der Waals surface area contributed by atoms with E-state index in [4.69, 9.17) is 16.0 Å². The second-order valence-electron chi connectivity index (χ2n) is 6.16. The topological polar surface area (TPSA) is 55.1 Å². The normalized spacial score (nSPS) is 11.0. The van der Waals surface area contributed by atoms with E-state index in [0.717, 1.165) is 23.3 Å². The molecule has 0 saturated heterocycles. The van der Waals surface area contributed by atoms with Crippen LogP contribution in [0.25, 0.3) is 22.2 Å². The molecule has 4 rings (SSSR count). The molecule has 0 bridgehead atoms. The van der Waals surface area contributed by atoms with Crippen molar-refractivity contribution in [2.45, 2.75) is 6.92 Å². The third kappa shape index (κ3) is 3.34. The minimum atomic E-state index is -0.920. The lowest BCUT2D eigenvalue weighted by atomic mass is 10.0.